The fourth-order valence-electron chi connectivity index (χ4n) is 0.918. The fraction of sp³-hybridized carbons (Fsp3) is 0.111. The first-order valence-electron chi connectivity index (χ1n) is 3.43. The minimum Gasteiger partial charge on any atom is -0.294 e. The number of ketones is 1. The second-order valence-corrected chi connectivity index (χ2v) is 2.46. The van der Waals surface area contributed by atoms with E-state index in [2.05, 4.69) is 22.4 Å². The van der Waals surface area contributed by atoms with E-state index >= 15 is 0 Å². The summed E-state index contributed by atoms with van der Waals surface area (Å²) in [5.74, 6) is -0.0143. The highest BCUT2D eigenvalue weighted by Crippen LogP contribution is 2.17. The summed E-state index contributed by atoms with van der Waals surface area (Å²) in [6.07, 6.45) is 0. The molecule has 0 amide bonds. The molecule has 3 heteroatoms. The van der Waals surface area contributed by atoms with Gasteiger partial charge in [0.2, 0.25) is 0 Å². The molecule has 2 nitrogen and oxygen atoms in total. The number of isothiocyanates is 1. The number of benzene rings is 1. The average Bonchev–Trinajstić information content (AvgIpc) is 2.05. The van der Waals surface area contributed by atoms with Crippen molar-refractivity contribution < 1.29 is 4.79 Å². The van der Waals surface area contributed by atoms with Gasteiger partial charge in [0, 0.05) is 5.56 Å². The van der Waals surface area contributed by atoms with Gasteiger partial charge in [0.15, 0.2) is 5.78 Å². The molecule has 1 aromatic carbocycles. The molecule has 0 aliphatic rings. The van der Waals surface area contributed by atoms with Gasteiger partial charge in [-0.05, 0) is 31.3 Å². The molecule has 0 N–H and O–H groups in total. The SMILES string of the molecule is CC(=O)c1ccccc1N=C=S. The van der Waals surface area contributed by atoms with Crippen LogP contribution in [0.25, 0.3) is 0 Å². The molecule has 0 unspecified atom stereocenters. The lowest BCUT2D eigenvalue weighted by Gasteiger charge is -1.97. The molecule has 0 saturated carbocycles. The van der Waals surface area contributed by atoms with Crippen molar-refractivity contribution >= 4 is 28.8 Å². The van der Waals surface area contributed by atoms with Crippen LogP contribution >= 0.6 is 12.2 Å². The van der Waals surface area contributed by atoms with E-state index < -0.39 is 0 Å². The van der Waals surface area contributed by atoms with Gasteiger partial charge < -0.3 is 0 Å². The number of aliphatic imine (C=N–C) groups is 1. The van der Waals surface area contributed by atoms with Crippen molar-refractivity contribution in [3.05, 3.63) is 29.8 Å². The summed E-state index contributed by atoms with van der Waals surface area (Å²) < 4.78 is 0. The Balaban J connectivity index is 3.26. The highest BCUT2D eigenvalue weighted by Gasteiger charge is 2.03. The van der Waals surface area contributed by atoms with Gasteiger partial charge in [0.1, 0.15) is 0 Å². The van der Waals surface area contributed by atoms with E-state index in [-0.39, 0.29) is 5.78 Å². The predicted molar refractivity (Wildman–Crippen MR) is 51.1 cm³/mol. The molecule has 0 radical (unpaired) electrons. The lowest BCUT2D eigenvalue weighted by molar-refractivity contribution is 0.101. The van der Waals surface area contributed by atoms with E-state index in [1.807, 2.05) is 0 Å². The van der Waals surface area contributed by atoms with Crippen LogP contribution in [0.5, 0.6) is 0 Å². The molecule has 0 atom stereocenters. The minimum atomic E-state index is -0.0143. The number of carbonyl (C=O) groups is 1. The first-order valence-corrected chi connectivity index (χ1v) is 3.84. The number of Topliss-reactive ketones (excluding diaryl/α,β-unsaturated/α-hetero) is 1. The Morgan fingerprint density at radius 3 is 2.75 bits per heavy atom. The summed E-state index contributed by atoms with van der Waals surface area (Å²) in [4.78, 5) is 14.8. The molecule has 0 saturated heterocycles. The molecule has 0 aliphatic carbocycles. The van der Waals surface area contributed by atoms with Gasteiger partial charge in [-0.2, -0.15) is 4.99 Å². The lowest BCUT2D eigenvalue weighted by Crippen LogP contribution is -1.90. The third-order valence-electron chi connectivity index (χ3n) is 1.45. The van der Waals surface area contributed by atoms with Crippen LogP contribution in [0.4, 0.5) is 5.69 Å². The smallest absolute Gasteiger partial charge is 0.161 e. The quantitative estimate of drug-likeness (QED) is 0.395. The zero-order valence-corrected chi connectivity index (χ0v) is 7.39. The van der Waals surface area contributed by atoms with Crippen LogP contribution in [0, 0.1) is 0 Å². The number of para-hydroxylation sites is 1. The Morgan fingerprint density at radius 2 is 2.17 bits per heavy atom. The van der Waals surface area contributed by atoms with Crippen molar-refractivity contribution in [2.24, 2.45) is 4.99 Å². The number of carbonyl (C=O) groups excluding carboxylic acids is 1. The van der Waals surface area contributed by atoms with E-state index in [9.17, 15) is 4.79 Å². The van der Waals surface area contributed by atoms with Crippen molar-refractivity contribution in [1.82, 2.24) is 0 Å². The van der Waals surface area contributed by atoms with Crippen molar-refractivity contribution in [2.45, 2.75) is 6.92 Å². The van der Waals surface area contributed by atoms with Gasteiger partial charge in [-0.15, -0.1) is 0 Å². The standard InChI is InChI=1S/C9H7NOS/c1-7(11)8-4-2-3-5-9(8)10-6-12/h2-5H,1H3. The van der Waals surface area contributed by atoms with Gasteiger partial charge >= 0.3 is 0 Å². The van der Waals surface area contributed by atoms with Crippen LogP contribution in [-0.4, -0.2) is 10.9 Å². The highest BCUT2D eigenvalue weighted by atomic mass is 32.1. The zero-order valence-electron chi connectivity index (χ0n) is 6.57. The molecular formula is C9H7NOS. The van der Waals surface area contributed by atoms with E-state index in [0.29, 0.717) is 11.3 Å². The molecular weight excluding hydrogens is 170 g/mol. The van der Waals surface area contributed by atoms with E-state index in [0.717, 1.165) is 0 Å². The first kappa shape index (κ1) is 8.78. The molecule has 60 valence electrons. The van der Waals surface area contributed by atoms with Gasteiger partial charge in [0.25, 0.3) is 0 Å². The summed E-state index contributed by atoms with van der Waals surface area (Å²) in [5.41, 5.74) is 1.16. The Kier molecular flexibility index (Phi) is 2.86. The van der Waals surface area contributed by atoms with Crippen molar-refractivity contribution in [3.8, 4) is 0 Å². The van der Waals surface area contributed by atoms with Crippen LogP contribution in [-0.2, 0) is 0 Å². The summed E-state index contributed by atoms with van der Waals surface area (Å²) in [7, 11) is 0. The maximum Gasteiger partial charge on any atom is 0.161 e. The Morgan fingerprint density at radius 1 is 1.50 bits per heavy atom. The minimum absolute atomic E-state index is 0.0143. The summed E-state index contributed by atoms with van der Waals surface area (Å²) in [5, 5.41) is 2.24. The second-order valence-electron chi connectivity index (χ2n) is 2.28. The van der Waals surface area contributed by atoms with E-state index in [1.165, 1.54) is 6.92 Å². The third kappa shape index (κ3) is 1.84. The van der Waals surface area contributed by atoms with Crippen LogP contribution in [0.15, 0.2) is 29.3 Å². The largest absolute Gasteiger partial charge is 0.294 e. The first-order chi connectivity index (χ1) is 5.75. The topological polar surface area (TPSA) is 29.4 Å². The van der Waals surface area contributed by atoms with Crippen molar-refractivity contribution in [2.75, 3.05) is 0 Å². The molecule has 0 bridgehead atoms. The predicted octanol–water partition coefficient (Wildman–Crippen LogP) is 2.62. The molecule has 1 rings (SSSR count). The van der Waals surface area contributed by atoms with Crippen molar-refractivity contribution in [1.29, 1.82) is 0 Å². The van der Waals surface area contributed by atoms with Crippen LogP contribution in [0.1, 0.15) is 17.3 Å². The third-order valence-corrected chi connectivity index (χ3v) is 1.54. The maximum atomic E-state index is 11.0. The van der Waals surface area contributed by atoms with Gasteiger partial charge in [-0.3, -0.25) is 4.79 Å². The highest BCUT2D eigenvalue weighted by molar-refractivity contribution is 7.78. The number of hydrogen-bond acceptors (Lipinski definition) is 3. The monoisotopic (exact) mass is 177 g/mol. The number of rotatable bonds is 2. The van der Waals surface area contributed by atoms with Crippen LogP contribution in [0.2, 0.25) is 0 Å². The molecule has 1 aromatic rings. The molecule has 0 aromatic heterocycles. The summed E-state index contributed by atoms with van der Waals surface area (Å²) >= 11 is 4.45. The number of hydrogen-bond donors (Lipinski definition) is 0. The van der Waals surface area contributed by atoms with Gasteiger partial charge in [0.05, 0.1) is 10.8 Å². The molecule has 0 aliphatic heterocycles. The zero-order chi connectivity index (χ0) is 8.97. The molecule has 0 spiro atoms. The fourth-order valence-corrected chi connectivity index (χ4v) is 1.02. The Bertz CT molecular complexity index is 332. The van der Waals surface area contributed by atoms with E-state index in [4.69, 9.17) is 0 Å². The van der Waals surface area contributed by atoms with Crippen LogP contribution < -0.4 is 0 Å². The van der Waals surface area contributed by atoms with Crippen molar-refractivity contribution in [3.63, 3.8) is 0 Å². The molecule has 12 heavy (non-hydrogen) atoms. The Hall–Kier alpha value is -1.31. The van der Waals surface area contributed by atoms with Crippen LogP contribution in [0.3, 0.4) is 0 Å². The van der Waals surface area contributed by atoms with Gasteiger partial charge in [-0.25, -0.2) is 0 Å². The summed E-state index contributed by atoms with van der Waals surface area (Å²) in [6, 6.07) is 7.04. The Labute approximate surface area is 75.9 Å². The molecule has 0 heterocycles. The maximum absolute atomic E-state index is 11.0. The second kappa shape index (κ2) is 3.90. The number of nitrogens with zero attached hydrogens (tertiary/aromatic N) is 1. The normalized spacial score (nSPS) is 8.75. The lowest BCUT2D eigenvalue weighted by atomic mass is 10.1. The van der Waals surface area contributed by atoms with E-state index in [1.54, 1.807) is 24.3 Å². The number of thiocarbonyl (C=S) groups is 1. The molecule has 0 fully saturated rings. The average molecular weight is 177 g/mol. The summed E-state index contributed by atoms with van der Waals surface area (Å²) in [6.45, 7) is 1.50. The van der Waals surface area contributed by atoms with Gasteiger partial charge in [-0.1, -0.05) is 12.1 Å².